The Bertz CT molecular complexity index is 641. The Balaban J connectivity index is 1.92. The van der Waals surface area contributed by atoms with Crippen LogP contribution in [-0.4, -0.2) is 32.9 Å². The van der Waals surface area contributed by atoms with E-state index in [1.165, 1.54) is 5.56 Å². The van der Waals surface area contributed by atoms with Gasteiger partial charge in [-0.25, -0.2) is 0 Å². The lowest BCUT2D eigenvalue weighted by Gasteiger charge is -2.20. The molecular weight excluding hydrogens is 284 g/mol. The van der Waals surface area contributed by atoms with E-state index < -0.39 is 6.10 Å². The van der Waals surface area contributed by atoms with Gasteiger partial charge in [0.25, 0.3) is 0 Å². The summed E-state index contributed by atoms with van der Waals surface area (Å²) in [5.41, 5.74) is 2.38. The predicted molar refractivity (Wildman–Crippen MR) is 87.1 cm³/mol. The molecule has 0 bridgehead atoms. The molecule has 1 aromatic heterocycles. The molecule has 0 aliphatic heterocycles. The van der Waals surface area contributed by atoms with Crippen molar-refractivity contribution in [3.05, 3.63) is 40.4 Å². The maximum Gasteiger partial charge on any atom is 0.192 e. The highest BCUT2D eigenvalue weighted by molar-refractivity contribution is 7.71. The van der Waals surface area contributed by atoms with Crippen LogP contribution >= 0.6 is 12.2 Å². The standard InChI is InChI=1S/C15H22N4OS/c1-15(2,3)10-5-4-6-11(7-10)16-9-12(20)8-13-17-14(21)19-18-13/h4-7,12,16,20H,8-9H2,1-3H3,(H2,17,18,19,21). The molecule has 5 nitrogen and oxygen atoms in total. The number of aromatic nitrogens is 3. The molecule has 1 unspecified atom stereocenters. The van der Waals surface area contributed by atoms with Gasteiger partial charge in [0.1, 0.15) is 5.82 Å². The van der Waals surface area contributed by atoms with Crippen LogP contribution in [0.1, 0.15) is 32.2 Å². The van der Waals surface area contributed by atoms with E-state index >= 15 is 0 Å². The summed E-state index contributed by atoms with van der Waals surface area (Å²) < 4.78 is 0.475. The van der Waals surface area contributed by atoms with Crippen molar-refractivity contribution < 1.29 is 5.11 Å². The summed E-state index contributed by atoms with van der Waals surface area (Å²) in [6.45, 7) is 7.00. The van der Waals surface area contributed by atoms with Gasteiger partial charge in [-0.1, -0.05) is 32.9 Å². The van der Waals surface area contributed by atoms with E-state index in [9.17, 15) is 5.11 Å². The number of anilines is 1. The number of nitrogens with one attached hydrogen (secondary N) is 3. The number of rotatable bonds is 5. The van der Waals surface area contributed by atoms with E-state index in [1.807, 2.05) is 12.1 Å². The minimum Gasteiger partial charge on any atom is -0.391 e. The smallest absolute Gasteiger partial charge is 0.192 e. The van der Waals surface area contributed by atoms with Crippen molar-refractivity contribution in [2.24, 2.45) is 0 Å². The van der Waals surface area contributed by atoms with Gasteiger partial charge in [-0.3, -0.25) is 5.10 Å². The van der Waals surface area contributed by atoms with Crippen LogP contribution in [0, 0.1) is 4.77 Å². The largest absolute Gasteiger partial charge is 0.391 e. The van der Waals surface area contributed by atoms with E-state index in [-0.39, 0.29) is 5.41 Å². The average Bonchev–Trinajstić information content (AvgIpc) is 2.81. The fourth-order valence-corrected chi connectivity index (χ4v) is 2.19. The molecule has 0 aliphatic carbocycles. The van der Waals surface area contributed by atoms with Crippen molar-refractivity contribution in [1.29, 1.82) is 0 Å². The summed E-state index contributed by atoms with van der Waals surface area (Å²) >= 11 is 4.91. The van der Waals surface area contributed by atoms with E-state index in [0.717, 1.165) is 5.69 Å². The van der Waals surface area contributed by atoms with Gasteiger partial charge in [-0.2, -0.15) is 5.10 Å². The van der Waals surface area contributed by atoms with Crippen LogP contribution in [0.15, 0.2) is 24.3 Å². The molecule has 1 heterocycles. The van der Waals surface area contributed by atoms with Crippen molar-refractivity contribution >= 4 is 17.9 Å². The first-order chi connectivity index (χ1) is 9.84. The van der Waals surface area contributed by atoms with Gasteiger partial charge in [-0.15, -0.1) is 0 Å². The molecule has 4 N–H and O–H groups in total. The third kappa shape index (κ3) is 4.68. The van der Waals surface area contributed by atoms with Crippen LogP contribution in [0.2, 0.25) is 0 Å². The molecule has 114 valence electrons. The Morgan fingerprint density at radius 2 is 2.14 bits per heavy atom. The second-order valence-corrected chi connectivity index (χ2v) is 6.60. The Labute approximate surface area is 129 Å². The second-order valence-electron chi connectivity index (χ2n) is 6.19. The Hall–Kier alpha value is -1.66. The van der Waals surface area contributed by atoms with Gasteiger partial charge >= 0.3 is 0 Å². The van der Waals surface area contributed by atoms with Crippen LogP contribution in [0.25, 0.3) is 0 Å². The molecule has 0 spiro atoms. The molecule has 0 radical (unpaired) electrons. The molecule has 2 rings (SSSR count). The lowest BCUT2D eigenvalue weighted by Crippen LogP contribution is -2.22. The minimum absolute atomic E-state index is 0.111. The van der Waals surface area contributed by atoms with Gasteiger partial charge in [0.2, 0.25) is 0 Å². The number of aliphatic hydroxyl groups excluding tert-OH is 1. The molecule has 1 atom stereocenters. The topological polar surface area (TPSA) is 76.7 Å². The van der Waals surface area contributed by atoms with Crippen LogP contribution in [-0.2, 0) is 11.8 Å². The molecule has 0 amide bonds. The van der Waals surface area contributed by atoms with Crippen LogP contribution in [0.4, 0.5) is 5.69 Å². The third-order valence-electron chi connectivity index (χ3n) is 3.25. The SMILES string of the molecule is CC(C)(C)c1cccc(NCC(O)Cc2n[nH]c(=S)[nH]2)c1. The van der Waals surface area contributed by atoms with Crippen LogP contribution in [0.3, 0.4) is 0 Å². The molecule has 0 aliphatic rings. The van der Waals surface area contributed by atoms with Gasteiger partial charge in [-0.05, 0) is 35.3 Å². The summed E-state index contributed by atoms with van der Waals surface area (Å²) in [6.07, 6.45) is -0.101. The van der Waals surface area contributed by atoms with E-state index in [4.69, 9.17) is 12.2 Å². The number of hydrogen-bond donors (Lipinski definition) is 4. The van der Waals surface area contributed by atoms with Crippen molar-refractivity contribution in [2.45, 2.75) is 38.7 Å². The van der Waals surface area contributed by atoms with E-state index in [2.05, 4.69) is 53.4 Å². The van der Waals surface area contributed by atoms with Gasteiger partial charge in [0.05, 0.1) is 6.10 Å². The van der Waals surface area contributed by atoms with Crippen molar-refractivity contribution in [2.75, 3.05) is 11.9 Å². The molecule has 0 saturated carbocycles. The lowest BCUT2D eigenvalue weighted by molar-refractivity contribution is 0.185. The highest BCUT2D eigenvalue weighted by Gasteiger charge is 2.14. The summed E-state index contributed by atoms with van der Waals surface area (Å²) in [7, 11) is 0. The average molecular weight is 306 g/mol. The lowest BCUT2D eigenvalue weighted by atomic mass is 9.87. The molecule has 2 aromatic rings. The highest BCUT2D eigenvalue weighted by Crippen LogP contribution is 2.24. The van der Waals surface area contributed by atoms with E-state index in [0.29, 0.717) is 23.6 Å². The van der Waals surface area contributed by atoms with Crippen LogP contribution in [0.5, 0.6) is 0 Å². The van der Waals surface area contributed by atoms with E-state index in [1.54, 1.807) is 0 Å². The highest BCUT2D eigenvalue weighted by atomic mass is 32.1. The number of hydrogen-bond acceptors (Lipinski definition) is 4. The fraction of sp³-hybridized carbons (Fsp3) is 0.467. The first kappa shape index (κ1) is 15.7. The van der Waals surface area contributed by atoms with Gasteiger partial charge in [0.15, 0.2) is 4.77 Å². The maximum atomic E-state index is 10.0. The molecular formula is C15H22N4OS. The number of benzene rings is 1. The molecule has 0 fully saturated rings. The summed E-state index contributed by atoms with van der Waals surface area (Å²) in [5.74, 6) is 0.665. The van der Waals surface area contributed by atoms with Gasteiger partial charge in [0, 0.05) is 18.7 Å². The quantitative estimate of drug-likeness (QED) is 0.641. The Morgan fingerprint density at radius 1 is 1.38 bits per heavy atom. The number of H-pyrrole nitrogens is 2. The molecule has 21 heavy (non-hydrogen) atoms. The summed E-state index contributed by atoms with van der Waals surface area (Å²) in [5, 5.41) is 19.9. The fourth-order valence-electron chi connectivity index (χ4n) is 2.03. The molecule has 0 saturated heterocycles. The first-order valence-electron chi connectivity index (χ1n) is 7.00. The molecule has 6 heteroatoms. The second kappa shape index (κ2) is 6.41. The van der Waals surface area contributed by atoms with Crippen LogP contribution < -0.4 is 5.32 Å². The Kier molecular flexibility index (Phi) is 4.80. The zero-order valence-corrected chi connectivity index (χ0v) is 13.4. The summed E-state index contributed by atoms with van der Waals surface area (Å²) in [6, 6.07) is 8.27. The van der Waals surface area contributed by atoms with Crippen molar-refractivity contribution in [1.82, 2.24) is 15.2 Å². The first-order valence-corrected chi connectivity index (χ1v) is 7.41. The predicted octanol–water partition coefficient (Wildman–Crippen LogP) is 2.78. The molecule has 1 aromatic carbocycles. The van der Waals surface area contributed by atoms with Crippen molar-refractivity contribution in [3.8, 4) is 0 Å². The number of nitrogens with zero attached hydrogens (tertiary/aromatic N) is 1. The number of aromatic amines is 2. The zero-order valence-electron chi connectivity index (χ0n) is 12.6. The summed E-state index contributed by atoms with van der Waals surface area (Å²) in [4.78, 5) is 2.89. The van der Waals surface area contributed by atoms with Gasteiger partial charge < -0.3 is 15.4 Å². The normalized spacial score (nSPS) is 13.1. The maximum absolute atomic E-state index is 10.0. The number of aliphatic hydroxyl groups is 1. The Morgan fingerprint density at radius 3 is 2.76 bits per heavy atom. The zero-order chi connectivity index (χ0) is 15.5. The monoisotopic (exact) mass is 306 g/mol. The minimum atomic E-state index is -0.530. The third-order valence-corrected chi connectivity index (χ3v) is 3.44. The van der Waals surface area contributed by atoms with Crippen molar-refractivity contribution in [3.63, 3.8) is 0 Å².